The normalized spacial score (nSPS) is 22.7. The minimum Gasteiger partial charge on any atom is -0.476 e. The van der Waals surface area contributed by atoms with Gasteiger partial charge in [0.15, 0.2) is 11.6 Å². The lowest BCUT2D eigenvalue weighted by Crippen LogP contribution is -2.24. The van der Waals surface area contributed by atoms with Crippen molar-refractivity contribution < 1.29 is 9.13 Å². The van der Waals surface area contributed by atoms with E-state index in [1.54, 1.807) is 0 Å². The SMILES string of the molecule is Fc1c(C2CC2)ncnc1N1CCC(COc2ccc(C3CC3)nn2)C1. The maximum Gasteiger partial charge on any atom is 0.233 e. The molecule has 5 rings (SSSR count). The van der Waals surface area contributed by atoms with Gasteiger partial charge in [-0.15, -0.1) is 5.10 Å². The molecule has 6 nitrogen and oxygen atoms in total. The van der Waals surface area contributed by atoms with E-state index in [0.29, 0.717) is 35.8 Å². The summed E-state index contributed by atoms with van der Waals surface area (Å²) in [5, 5.41) is 8.40. The third-order valence-electron chi connectivity index (χ3n) is 5.47. The first kappa shape index (κ1) is 15.9. The molecule has 1 saturated heterocycles. The van der Waals surface area contributed by atoms with Gasteiger partial charge >= 0.3 is 0 Å². The fourth-order valence-corrected chi connectivity index (χ4v) is 3.60. The van der Waals surface area contributed by atoms with Crippen LogP contribution < -0.4 is 9.64 Å². The minimum absolute atomic E-state index is 0.238. The zero-order valence-corrected chi connectivity index (χ0v) is 14.6. The fraction of sp³-hybridized carbons (Fsp3) is 0.579. The standard InChI is InChI=1S/C19H22FN5O/c20-17-18(14-3-4-14)21-11-22-19(17)25-8-7-12(9-25)10-26-16-6-5-15(23-24-16)13-1-2-13/h5-6,11-14H,1-4,7-10H2. The van der Waals surface area contributed by atoms with Gasteiger partial charge in [-0.3, -0.25) is 0 Å². The zero-order valence-electron chi connectivity index (χ0n) is 14.6. The van der Waals surface area contributed by atoms with Crippen molar-refractivity contribution in [1.29, 1.82) is 0 Å². The van der Waals surface area contributed by atoms with Crippen LogP contribution in [0.15, 0.2) is 18.5 Å². The van der Waals surface area contributed by atoms with Crippen molar-refractivity contribution in [1.82, 2.24) is 20.2 Å². The average Bonchev–Trinajstić information content (AvgIpc) is 3.59. The Hall–Kier alpha value is -2.31. The van der Waals surface area contributed by atoms with E-state index >= 15 is 0 Å². The second kappa shape index (κ2) is 6.45. The molecule has 0 radical (unpaired) electrons. The van der Waals surface area contributed by atoms with Crippen LogP contribution in [-0.2, 0) is 0 Å². The summed E-state index contributed by atoms with van der Waals surface area (Å²) in [7, 11) is 0. The largest absolute Gasteiger partial charge is 0.476 e. The highest BCUT2D eigenvalue weighted by molar-refractivity contribution is 5.43. The number of anilines is 1. The molecule has 0 N–H and O–H groups in total. The quantitative estimate of drug-likeness (QED) is 0.793. The molecule has 136 valence electrons. The molecule has 7 heteroatoms. The maximum absolute atomic E-state index is 14.7. The smallest absolute Gasteiger partial charge is 0.233 e. The first-order valence-corrected chi connectivity index (χ1v) is 9.49. The van der Waals surface area contributed by atoms with Crippen molar-refractivity contribution in [3.8, 4) is 5.88 Å². The summed E-state index contributed by atoms with van der Waals surface area (Å²) in [4.78, 5) is 10.3. The molecule has 0 aromatic carbocycles. The summed E-state index contributed by atoms with van der Waals surface area (Å²) >= 11 is 0. The molecular weight excluding hydrogens is 333 g/mol. The Balaban J connectivity index is 1.19. The minimum atomic E-state index is -0.238. The number of hydrogen-bond acceptors (Lipinski definition) is 6. The van der Waals surface area contributed by atoms with Gasteiger partial charge in [0.1, 0.15) is 6.33 Å². The molecule has 3 fully saturated rings. The van der Waals surface area contributed by atoms with Crippen molar-refractivity contribution in [2.24, 2.45) is 5.92 Å². The lowest BCUT2D eigenvalue weighted by Gasteiger charge is -2.19. The lowest BCUT2D eigenvalue weighted by atomic mass is 10.1. The van der Waals surface area contributed by atoms with Crippen LogP contribution >= 0.6 is 0 Å². The lowest BCUT2D eigenvalue weighted by molar-refractivity contribution is 0.249. The number of halogens is 1. The van der Waals surface area contributed by atoms with Gasteiger partial charge in [-0.05, 0) is 38.2 Å². The van der Waals surface area contributed by atoms with E-state index < -0.39 is 0 Å². The van der Waals surface area contributed by atoms with Crippen LogP contribution in [0.3, 0.4) is 0 Å². The molecule has 2 aromatic rings. The molecule has 0 spiro atoms. The molecule has 3 heterocycles. The molecule has 0 amide bonds. The Kier molecular flexibility index (Phi) is 3.94. The molecule has 2 aromatic heterocycles. The van der Waals surface area contributed by atoms with Gasteiger partial charge in [0.2, 0.25) is 5.88 Å². The van der Waals surface area contributed by atoms with Crippen LogP contribution in [0.2, 0.25) is 0 Å². The Bertz CT molecular complexity index is 791. The highest BCUT2D eigenvalue weighted by Gasteiger charge is 2.33. The van der Waals surface area contributed by atoms with Gasteiger partial charge in [-0.2, -0.15) is 5.10 Å². The van der Waals surface area contributed by atoms with Crippen molar-refractivity contribution in [3.05, 3.63) is 35.7 Å². The van der Waals surface area contributed by atoms with Crippen LogP contribution in [0.5, 0.6) is 5.88 Å². The predicted octanol–water partition coefficient (Wildman–Crippen LogP) is 3.07. The number of rotatable bonds is 6. The molecule has 2 aliphatic carbocycles. The zero-order chi connectivity index (χ0) is 17.5. The van der Waals surface area contributed by atoms with Gasteiger partial charge < -0.3 is 9.64 Å². The summed E-state index contributed by atoms with van der Waals surface area (Å²) in [5.74, 6) is 1.99. The predicted molar refractivity (Wildman–Crippen MR) is 93.8 cm³/mol. The topological polar surface area (TPSA) is 64.0 Å². The molecule has 26 heavy (non-hydrogen) atoms. The van der Waals surface area contributed by atoms with Crippen molar-refractivity contribution in [2.75, 3.05) is 24.6 Å². The summed E-state index contributed by atoms with van der Waals surface area (Å²) < 4.78 is 20.5. The molecular formula is C19H22FN5O. The van der Waals surface area contributed by atoms with E-state index in [-0.39, 0.29) is 11.7 Å². The Morgan fingerprint density at radius 3 is 2.62 bits per heavy atom. The Morgan fingerprint density at radius 2 is 1.88 bits per heavy atom. The van der Waals surface area contributed by atoms with E-state index in [0.717, 1.165) is 38.0 Å². The first-order valence-electron chi connectivity index (χ1n) is 9.49. The van der Waals surface area contributed by atoms with Crippen molar-refractivity contribution in [2.45, 2.75) is 43.9 Å². The van der Waals surface area contributed by atoms with Gasteiger partial charge in [-0.1, -0.05) is 0 Å². The van der Waals surface area contributed by atoms with Crippen LogP contribution in [0.4, 0.5) is 10.2 Å². The number of aromatic nitrogens is 4. The van der Waals surface area contributed by atoms with E-state index in [1.807, 2.05) is 17.0 Å². The second-order valence-electron chi connectivity index (χ2n) is 7.65. The van der Waals surface area contributed by atoms with Gasteiger partial charge in [-0.25, -0.2) is 14.4 Å². The van der Waals surface area contributed by atoms with Gasteiger partial charge in [0.05, 0.1) is 18.0 Å². The number of nitrogens with zero attached hydrogens (tertiary/aromatic N) is 5. The monoisotopic (exact) mass is 355 g/mol. The van der Waals surface area contributed by atoms with Crippen LogP contribution in [0.25, 0.3) is 0 Å². The fourth-order valence-electron chi connectivity index (χ4n) is 3.60. The molecule has 1 atom stereocenters. The Labute approximate surface area is 151 Å². The van der Waals surface area contributed by atoms with Crippen LogP contribution in [-0.4, -0.2) is 39.9 Å². The number of hydrogen-bond donors (Lipinski definition) is 0. The van der Waals surface area contributed by atoms with Crippen molar-refractivity contribution >= 4 is 5.82 Å². The summed E-state index contributed by atoms with van der Waals surface area (Å²) in [5.41, 5.74) is 1.65. The third-order valence-corrected chi connectivity index (χ3v) is 5.47. The average molecular weight is 355 g/mol. The summed E-state index contributed by atoms with van der Waals surface area (Å²) in [6, 6.07) is 3.91. The summed E-state index contributed by atoms with van der Waals surface area (Å²) in [6.07, 6.45) is 6.95. The van der Waals surface area contributed by atoms with E-state index in [9.17, 15) is 4.39 Å². The molecule has 0 bridgehead atoms. The highest BCUT2D eigenvalue weighted by Crippen LogP contribution is 2.41. The van der Waals surface area contributed by atoms with E-state index in [1.165, 1.54) is 19.2 Å². The Morgan fingerprint density at radius 1 is 1.04 bits per heavy atom. The third kappa shape index (κ3) is 3.22. The van der Waals surface area contributed by atoms with Crippen LogP contribution in [0, 0.1) is 11.7 Å². The van der Waals surface area contributed by atoms with E-state index in [4.69, 9.17) is 4.74 Å². The maximum atomic E-state index is 14.7. The first-order chi connectivity index (χ1) is 12.8. The summed E-state index contributed by atoms with van der Waals surface area (Å²) in [6.45, 7) is 2.10. The molecule has 2 saturated carbocycles. The molecule has 1 unspecified atom stereocenters. The van der Waals surface area contributed by atoms with Gasteiger partial charge in [0, 0.05) is 36.9 Å². The molecule has 3 aliphatic rings. The van der Waals surface area contributed by atoms with E-state index in [2.05, 4.69) is 20.2 Å². The van der Waals surface area contributed by atoms with Gasteiger partial charge in [0.25, 0.3) is 0 Å². The highest BCUT2D eigenvalue weighted by atomic mass is 19.1. The molecule has 1 aliphatic heterocycles. The van der Waals surface area contributed by atoms with Crippen LogP contribution in [0.1, 0.15) is 55.3 Å². The second-order valence-corrected chi connectivity index (χ2v) is 7.65. The van der Waals surface area contributed by atoms with Crippen molar-refractivity contribution in [3.63, 3.8) is 0 Å². The number of ether oxygens (including phenoxy) is 1.